The van der Waals surface area contributed by atoms with E-state index >= 15 is 0 Å². The molecule has 2 aromatic heterocycles. The van der Waals surface area contributed by atoms with Gasteiger partial charge in [-0.2, -0.15) is 0 Å². The minimum absolute atomic E-state index is 0.644. The summed E-state index contributed by atoms with van der Waals surface area (Å²) in [6.45, 7) is 0. The van der Waals surface area contributed by atoms with Gasteiger partial charge >= 0.3 is 0 Å². The van der Waals surface area contributed by atoms with Crippen molar-refractivity contribution in [1.29, 1.82) is 0 Å². The molecule has 0 fully saturated rings. The smallest absolute Gasteiger partial charge is 0.235 e. The second-order valence-electron chi connectivity index (χ2n) is 10.5. The van der Waals surface area contributed by atoms with Gasteiger partial charge in [0, 0.05) is 33.5 Å². The van der Waals surface area contributed by atoms with E-state index in [2.05, 4.69) is 114 Å². The van der Waals surface area contributed by atoms with Crippen LogP contribution < -0.4 is 4.90 Å². The third-order valence-electron chi connectivity index (χ3n) is 8.22. The molecule has 190 valence electrons. The number of rotatable bonds is 2. The van der Waals surface area contributed by atoms with Crippen molar-refractivity contribution in [3.05, 3.63) is 134 Å². The zero-order valence-corrected chi connectivity index (χ0v) is 22.0. The van der Waals surface area contributed by atoms with Gasteiger partial charge in [-0.15, -0.1) is 0 Å². The molecule has 0 bridgehead atoms. The molecule has 41 heavy (non-hydrogen) atoms. The Bertz CT molecular complexity index is 2330. The van der Waals surface area contributed by atoms with Crippen LogP contribution in [0.1, 0.15) is 0 Å². The quantitative estimate of drug-likeness (QED) is 0.227. The van der Waals surface area contributed by atoms with E-state index in [0.29, 0.717) is 5.95 Å². The minimum atomic E-state index is 0.644. The average molecular weight is 523 g/mol. The second-order valence-corrected chi connectivity index (χ2v) is 10.5. The van der Waals surface area contributed by atoms with Crippen LogP contribution >= 0.6 is 0 Å². The molecular formula is C37H22N4. The lowest BCUT2D eigenvalue weighted by Gasteiger charge is -2.33. The predicted molar refractivity (Wildman–Crippen MR) is 169 cm³/mol. The maximum Gasteiger partial charge on any atom is 0.235 e. The van der Waals surface area contributed by atoms with Crippen molar-refractivity contribution in [2.24, 2.45) is 0 Å². The SMILES string of the molecule is c1ccc2c3c(ccc2c1)N(c1nc(-c2cccc4cccnc24)c2ccccc2n1)c1cccc2cccc-3c12. The first-order valence-corrected chi connectivity index (χ1v) is 13.8. The Morgan fingerprint density at radius 2 is 1.22 bits per heavy atom. The van der Waals surface area contributed by atoms with Crippen LogP contribution in [0.2, 0.25) is 0 Å². The van der Waals surface area contributed by atoms with Crippen molar-refractivity contribution < 1.29 is 0 Å². The normalized spacial score (nSPS) is 12.3. The number of para-hydroxylation sites is 2. The van der Waals surface area contributed by atoms with Gasteiger partial charge in [-0.1, -0.05) is 103 Å². The van der Waals surface area contributed by atoms with Gasteiger partial charge in [-0.25, -0.2) is 9.97 Å². The van der Waals surface area contributed by atoms with Crippen LogP contribution in [-0.4, -0.2) is 15.0 Å². The fourth-order valence-electron chi connectivity index (χ4n) is 6.46. The predicted octanol–water partition coefficient (Wildman–Crippen LogP) is 9.60. The summed E-state index contributed by atoms with van der Waals surface area (Å²) in [6, 6.07) is 44.7. The summed E-state index contributed by atoms with van der Waals surface area (Å²) < 4.78 is 0. The van der Waals surface area contributed by atoms with E-state index in [1.807, 2.05) is 24.4 Å². The standard InChI is InChI=1S/C37H22N4/c1-2-14-26-23(9-1)20-21-32-34(26)28-16-5-10-24-11-7-19-31(33(24)28)41(32)37-39-30-18-4-3-15-27(30)36(40-37)29-17-6-12-25-13-8-22-38-35(25)29/h1-22H. The Morgan fingerprint density at radius 3 is 2.15 bits per heavy atom. The number of hydrogen-bond acceptors (Lipinski definition) is 4. The molecule has 0 saturated heterocycles. The molecular weight excluding hydrogens is 500 g/mol. The first-order valence-electron chi connectivity index (χ1n) is 13.8. The molecule has 0 aliphatic carbocycles. The molecule has 0 saturated carbocycles. The van der Waals surface area contributed by atoms with Gasteiger partial charge in [-0.3, -0.25) is 9.88 Å². The maximum absolute atomic E-state index is 5.36. The lowest BCUT2D eigenvalue weighted by molar-refractivity contribution is 1.11. The first kappa shape index (κ1) is 22.2. The fraction of sp³-hybridized carbons (Fsp3) is 0. The van der Waals surface area contributed by atoms with E-state index in [4.69, 9.17) is 15.0 Å². The van der Waals surface area contributed by atoms with Gasteiger partial charge in [0.2, 0.25) is 5.95 Å². The molecule has 6 aromatic carbocycles. The molecule has 9 rings (SSSR count). The first-order chi connectivity index (χ1) is 20.3. The van der Waals surface area contributed by atoms with E-state index in [-0.39, 0.29) is 0 Å². The molecule has 1 aliphatic rings. The number of benzene rings is 6. The van der Waals surface area contributed by atoms with E-state index in [9.17, 15) is 0 Å². The number of fused-ring (bicyclic) bond motifs is 6. The van der Waals surface area contributed by atoms with Crippen LogP contribution in [0.3, 0.4) is 0 Å². The Hall–Kier alpha value is -5.61. The van der Waals surface area contributed by atoms with Crippen LogP contribution in [-0.2, 0) is 0 Å². The summed E-state index contributed by atoms with van der Waals surface area (Å²) in [5, 5.41) is 6.93. The third-order valence-corrected chi connectivity index (χ3v) is 8.22. The molecule has 0 atom stereocenters. The summed E-state index contributed by atoms with van der Waals surface area (Å²) in [6.07, 6.45) is 1.85. The Morgan fingerprint density at radius 1 is 0.488 bits per heavy atom. The van der Waals surface area contributed by atoms with Gasteiger partial charge < -0.3 is 0 Å². The number of aromatic nitrogens is 3. The minimum Gasteiger partial charge on any atom is -0.278 e. The number of pyridine rings is 1. The van der Waals surface area contributed by atoms with Gasteiger partial charge in [-0.05, 0) is 46.0 Å². The zero-order valence-electron chi connectivity index (χ0n) is 22.0. The van der Waals surface area contributed by atoms with Gasteiger partial charge in [0.25, 0.3) is 0 Å². The fourth-order valence-corrected chi connectivity index (χ4v) is 6.46. The molecule has 3 heterocycles. The molecule has 0 radical (unpaired) electrons. The molecule has 0 amide bonds. The number of nitrogens with zero attached hydrogens (tertiary/aromatic N) is 4. The lowest BCUT2D eigenvalue weighted by Crippen LogP contribution is -2.18. The van der Waals surface area contributed by atoms with E-state index in [1.54, 1.807) is 0 Å². The van der Waals surface area contributed by atoms with Crippen molar-refractivity contribution in [3.63, 3.8) is 0 Å². The van der Waals surface area contributed by atoms with Crippen molar-refractivity contribution in [3.8, 4) is 22.4 Å². The highest BCUT2D eigenvalue weighted by atomic mass is 15.3. The summed E-state index contributed by atoms with van der Waals surface area (Å²) in [7, 11) is 0. The molecule has 0 unspecified atom stereocenters. The highest BCUT2D eigenvalue weighted by Crippen LogP contribution is 2.52. The molecule has 4 nitrogen and oxygen atoms in total. The largest absolute Gasteiger partial charge is 0.278 e. The van der Waals surface area contributed by atoms with Crippen LogP contribution in [0.25, 0.3) is 65.7 Å². The maximum atomic E-state index is 5.36. The number of hydrogen-bond donors (Lipinski definition) is 0. The number of anilines is 3. The topological polar surface area (TPSA) is 41.9 Å². The molecule has 1 aliphatic heterocycles. The van der Waals surface area contributed by atoms with Crippen LogP contribution in [0.5, 0.6) is 0 Å². The lowest BCUT2D eigenvalue weighted by atomic mass is 9.88. The Labute approximate surface area is 236 Å². The van der Waals surface area contributed by atoms with Gasteiger partial charge in [0.05, 0.1) is 28.1 Å². The van der Waals surface area contributed by atoms with Crippen LogP contribution in [0.15, 0.2) is 134 Å². The van der Waals surface area contributed by atoms with Crippen molar-refractivity contribution in [2.75, 3.05) is 4.90 Å². The molecule has 0 N–H and O–H groups in total. The summed E-state index contributed by atoms with van der Waals surface area (Å²) in [5.41, 5.74) is 8.31. The van der Waals surface area contributed by atoms with E-state index < -0.39 is 0 Å². The van der Waals surface area contributed by atoms with Gasteiger partial charge in [0.1, 0.15) is 0 Å². The summed E-state index contributed by atoms with van der Waals surface area (Å²) in [4.78, 5) is 17.6. The summed E-state index contributed by atoms with van der Waals surface area (Å²) in [5.74, 6) is 0.644. The van der Waals surface area contributed by atoms with Crippen molar-refractivity contribution >= 4 is 60.7 Å². The molecule has 8 aromatic rings. The molecule has 0 spiro atoms. The third kappa shape index (κ3) is 3.19. The summed E-state index contributed by atoms with van der Waals surface area (Å²) >= 11 is 0. The van der Waals surface area contributed by atoms with Gasteiger partial charge in [0.15, 0.2) is 0 Å². The highest BCUT2D eigenvalue weighted by molar-refractivity contribution is 6.19. The van der Waals surface area contributed by atoms with Crippen LogP contribution in [0.4, 0.5) is 17.3 Å². The van der Waals surface area contributed by atoms with E-state index in [0.717, 1.165) is 44.4 Å². The van der Waals surface area contributed by atoms with Crippen LogP contribution in [0, 0.1) is 0 Å². The average Bonchev–Trinajstić information content (AvgIpc) is 3.04. The molecule has 4 heteroatoms. The Kier molecular flexibility index (Phi) is 4.58. The highest BCUT2D eigenvalue weighted by Gasteiger charge is 2.29. The van der Waals surface area contributed by atoms with Crippen molar-refractivity contribution in [2.45, 2.75) is 0 Å². The monoisotopic (exact) mass is 522 g/mol. The zero-order chi connectivity index (χ0) is 26.9. The second kappa shape index (κ2) is 8.44. The van der Waals surface area contributed by atoms with E-state index in [1.165, 1.54) is 32.7 Å². The van der Waals surface area contributed by atoms with Crippen molar-refractivity contribution in [1.82, 2.24) is 15.0 Å². The Balaban J connectivity index is 1.41.